The van der Waals surface area contributed by atoms with Crippen LogP contribution in [0.4, 0.5) is 0 Å². The number of hydrogen-bond donors (Lipinski definition) is 1. The van der Waals surface area contributed by atoms with E-state index in [0.717, 1.165) is 5.56 Å². The summed E-state index contributed by atoms with van der Waals surface area (Å²) in [6.07, 6.45) is 0.0971. The molecular formula is C13H15N3O3. The molecule has 0 fully saturated rings. The van der Waals surface area contributed by atoms with E-state index in [9.17, 15) is 4.79 Å². The first-order valence-corrected chi connectivity index (χ1v) is 5.93. The highest BCUT2D eigenvalue weighted by molar-refractivity contribution is 5.66. The number of carboxylic acids is 1. The van der Waals surface area contributed by atoms with Crippen LogP contribution in [0.2, 0.25) is 0 Å². The maximum Gasteiger partial charge on any atom is 0.304 e. The minimum atomic E-state index is -0.815. The molecule has 0 aliphatic heterocycles. The van der Waals surface area contributed by atoms with Crippen molar-refractivity contribution in [2.45, 2.75) is 13.0 Å². The lowest BCUT2D eigenvalue weighted by molar-refractivity contribution is -0.137. The van der Waals surface area contributed by atoms with Crippen LogP contribution in [0.3, 0.4) is 0 Å². The molecular weight excluding hydrogens is 246 g/mol. The lowest BCUT2D eigenvalue weighted by atomic mass is 10.2. The summed E-state index contributed by atoms with van der Waals surface area (Å²) in [7, 11) is 1.82. The molecule has 19 heavy (non-hydrogen) atoms. The Balaban J connectivity index is 1.96. The van der Waals surface area contributed by atoms with Gasteiger partial charge < -0.3 is 9.63 Å². The van der Waals surface area contributed by atoms with Crippen LogP contribution in [0.1, 0.15) is 12.2 Å². The Kier molecular flexibility index (Phi) is 4.25. The van der Waals surface area contributed by atoms with Crippen LogP contribution >= 0.6 is 0 Å². The number of nitrogens with zero attached hydrogens (tertiary/aromatic N) is 3. The molecule has 1 N–H and O–H groups in total. The third-order valence-corrected chi connectivity index (χ3v) is 2.61. The fourth-order valence-electron chi connectivity index (χ4n) is 1.62. The third-order valence-electron chi connectivity index (χ3n) is 2.61. The van der Waals surface area contributed by atoms with Gasteiger partial charge in [-0.25, -0.2) is 0 Å². The summed E-state index contributed by atoms with van der Waals surface area (Å²) in [5.74, 6) is 0.207. The summed E-state index contributed by atoms with van der Waals surface area (Å²) in [6, 6.07) is 9.51. The van der Waals surface area contributed by atoms with Gasteiger partial charge in [-0.3, -0.25) is 9.69 Å². The van der Waals surface area contributed by atoms with Gasteiger partial charge in [-0.2, -0.15) is 4.98 Å². The Hall–Kier alpha value is -2.21. The van der Waals surface area contributed by atoms with E-state index in [0.29, 0.717) is 24.8 Å². The predicted molar refractivity (Wildman–Crippen MR) is 68.3 cm³/mol. The van der Waals surface area contributed by atoms with Gasteiger partial charge in [0.1, 0.15) is 0 Å². The summed E-state index contributed by atoms with van der Waals surface area (Å²) in [5.41, 5.74) is 0.870. The average Bonchev–Trinajstić information content (AvgIpc) is 2.86. The topological polar surface area (TPSA) is 79.5 Å². The van der Waals surface area contributed by atoms with E-state index in [1.807, 2.05) is 42.3 Å². The van der Waals surface area contributed by atoms with E-state index in [1.165, 1.54) is 0 Å². The molecule has 1 aromatic heterocycles. The molecule has 0 unspecified atom stereocenters. The van der Waals surface area contributed by atoms with E-state index in [2.05, 4.69) is 10.1 Å². The zero-order valence-electron chi connectivity index (χ0n) is 10.6. The second-order valence-corrected chi connectivity index (χ2v) is 4.26. The Bertz CT molecular complexity index is 539. The van der Waals surface area contributed by atoms with E-state index in [1.54, 1.807) is 0 Å². The van der Waals surface area contributed by atoms with Crippen LogP contribution in [-0.4, -0.2) is 39.7 Å². The van der Waals surface area contributed by atoms with Gasteiger partial charge in [-0.1, -0.05) is 23.4 Å². The molecule has 2 rings (SSSR count). The van der Waals surface area contributed by atoms with Crippen molar-refractivity contribution >= 4 is 5.97 Å². The van der Waals surface area contributed by atoms with Crippen LogP contribution < -0.4 is 0 Å². The van der Waals surface area contributed by atoms with Gasteiger partial charge in [0.15, 0.2) is 5.82 Å². The summed E-state index contributed by atoms with van der Waals surface area (Å²) >= 11 is 0. The minimum absolute atomic E-state index is 0.0971. The molecule has 6 nitrogen and oxygen atoms in total. The van der Waals surface area contributed by atoms with Gasteiger partial charge in [-0.05, 0) is 19.2 Å². The molecule has 0 spiro atoms. The first kappa shape index (κ1) is 13.2. The summed E-state index contributed by atoms with van der Waals surface area (Å²) in [6.45, 7) is 0.911. The van der Waals surface area contributed by atoms with E-state index in [4.69, 9.17) is 9.63 Å². The maximum atomic E-state index is 10.5. The van der Waals surface area contributed by atoms with Crippen LogP contribution in [0.15, 0.2) is 34.9 Å². The van der Waals surface area contributed by atoms with Crippen molar-refractivity contribution in [3.8, 4) is 11.5 Å². The normalized spacial score (nSPS) is 10.8. The van der Waals surface area contributed by atoms with Crippen molar-refractivity contribution in [1.29, 1.82) is 0 Å². The lowest BCUT2D eigenvalue weighted by Gasteiger charge is -2.11. The maximum absolute atomic E-state index is 10.5. The number of aromatic nitrogens is 2. The van der Waals surface area contributed by atoms with E-state index >= 15 is 0 Å². The molecule has 0 saturated heterocycles. The lowest BCUT2D eigenvalue weighted by Crippen LogP contribution is -2.21. The molecule has 6 heteroatoms. The number of benzene rings is 1. The molecule has 100 valence electrons. The van der Waals surface area contributed by atoms with Gasteiger partial charge in [0, 0.05) is 12.1 Å². The first-order chi connectivity index (χ1) is 9.15. The summed E-state index contributed by atoms with van der Waals surface area (Å²) in [5, 5.41) is 12.5. The fourth-order valence-corrected chi connectivity index (χ4v) is 1.62. The predicted octanol–water partition coefficient (Wildman–Crippen LogP) is 1.64. The highest BCUT2D eigenvalue weighted by Gasteiger charge is 2.11. The minimum Gasteiger partial charge on any atom is -0.481 e. The Morgan fingerprint density at radius 1 is 1.37 bits per heavy atom. The van der Waals surface area contributed by atoms with Gasteiger partial charge in [0.2, 0.25) is 0 Å². The second kappa shape index (κ2) is 6.10. The van der Waals surface area contributed by atoms with Gasteiger partial charge >= 0.3 is 5.97 Å². The monoisotopic (exact) mass is 261 g/mol. The molecule has 1 aromatic carbocycles. The van der Waals surface area contributed by atoms with Crippen molar-refractivity contribution in [3.63, 3.8) is 0 Å². The van der Waals surface area contributed by atoms with Gasteiger partial charge in [0.25, 0.3) is 5.89 Å². The first-order valence-electron chi connectivity index (χ1n) is 5.93. The van der Waals surface area contributed by atoms with Crippen molar-refractivity contribution in [2.24, 2.45) is 0 Å². The molecule has 2 aromatic rings. The summed E-state index contributed by atoms with van der Waals surface area (Å²) in [4.78, 5) is 16.6. The van der Waals surface area contributed by atoms with Crippen molar-refractivity contribution in [1.82, 2.24) is 15.0 Å². The Labute approximate surface area is 110 Å². The van der Waals surface area contributed by atoms with E-state index < -0.39 is 5.97 Å². The molecule has 0 aliphatic carbocycles. The quantitative estimate of drug-likeness (QED) is 0.851. The molecule has 0 saturated carbocycles. The van der Waals surface area contributed by atoms with Crippen LogP contribution in [0.5, 0.6) is 0 Å². The Morgan fingerprint density at radius 2 is 2.11 bits per heavy atom. The van der Waals surface area contributed by atoms with Crippen molar-refractivity contribution in [3.05, 3.63) is 36.2 Å². The number of hydrogen-bond acceptors (Lipinski definition) is 5. The molecule has 0 radical (unpaired) electrons. The van der Waals surface area contributed by atoms with Crippen LogP contribution in [-0.2, 0) is 11.3 Å². The van der Waals surface area contributed by atoms with Crippen molar-refractivity contribution < 1.29 is 14.4 Å². The Morgan fingerprint density at radius 3 is 2.79 bits per heavy atom. The van der Waals surface area contributed by atoms with E-state index in [-0.39, 0.29) is 6.42 Å². The molecule has 0 amide bonds. The highest BCUT2D eigenvalue weighted by Crippen LogP contribution is 2.16. The smallest absolute Gasteiger partial charge is 0.304 e. The zero-order chi connectivity index (χ0) is 13.7. The average molecular weight is 261 g/mol. The molecule has 0 aliphatic rings. The highest BCUT2D eigenvalue weighted by atomic mass is 16.5. The zero-order valence-corrected chi connectivity index (χ0v) is 10.6. The third kappa shape index (κ3) is 3.89. The largest absolute Gasteiger partial charge is 0.481 e. The van der Waals surface area contributed by atoms with Crippen molar-refractivity contribution in [2.75, 3.05) is 13.6 Å². The molecule has 0 atom stereocenters. The standard InChI is InChI=1S/C13H15N3O3/c1-16(8-7-12(17)18)9-11-14-13(19-15-11)10-5-3-2-4-6-10/h2-6H,7-9H2,1H3,(H,17,18). The van der Waals surface area contributed by atoms with Gasteiger partial charge in [0.05, 0.1) is 13.0 Å². The number of carbonyl (C=O) groups is 1. The fraction of sp³-hybridized carbons (Fsp3) is 0.308. The van der Waals surface area contributed by atoms with Crippen LogP contribution in [0, 0.1) is 0 Å². The summed E-state index contributed by atoms with van der Waals surface area (Å²) < 4.78 is 5.17. The number of aliphatic carboxylic acids is 1. The van der Waals surface area contributed by atoms with Gasteiger partial charge in [-0.15, -0.1) is 0 Å². The molecule has 1 heterocycles. The SMILES string of the molecule is CN(CCC(=O)O)Cc1noc(-c2ccccc2)n1. The van der Waals surface area contributed by atoms with Crippen LogP contribution in [0.25, 0.3) is 11.5 Å². The number of carboxylic acid groups (broad SMARTS) is 1. The molecule has 0 bridgehead atoms. The number of rotatable bonds is 6. The second-order valence-electron chi connectivity index (χ2n) is 4.26.